The molecule has 0 aliphatic carbocycles. The van der Waals surface area contributed by atoms with Crippen LogP contribution in [0.2, 0.25) is 0 Å². The Hall–Kier alpha value is -6.80. The quantitative estimate of drug-likeness (QED) is 0.0352. The normalized spacial score (nSPS) is 26.7. The van der Waals surface area contributed by atoms with Gasteiger partial charge in [-0.15, -0.1) is 38.4 Å². The van der Waals surface area contributed by atoms with E-state index in [1.54, 1.807) is 99.9 Å². The molecule has 143 heavy (non-hydrogen) atoms. The topological polar surface area (TPSA) is 553 Å². The van der Waals surface area contributed by atoms with Gasteiger partial charge in [-0.1, -0.05) is 120 Å². The largest absolute Gasteiger partial charge is 0.430 e. The SMILES string of the molecule is C.C.C.CCCCS(=O)(=O)N(C)CC1CCCCC2NOC(=O)N12.CCCS(=O)(=O)N(C)CC1CCCCC2NOC(=O)N12.CCCS(=O)(=O)N(C)CC1CCCCC2NOC(=O)N12.CCCS(=O)(=O)N(C)CC1CCCCC2NOC(=O)N12.CN(CC1CCCCC2NOC(=O)N12)S(=O)(=O)c1ccccc1.CN(CC1CCCCC2NOC(=O)N12)S(C)(=O)=O.CN(CC1CCCCC2NOC(=O)N12)S(C)(=O)=O. The lowest BCUT2D eigenvalue weighted by molar-refractivity contribution is 0.116. The number of unbranched alkanes of at least 4 members (excludes halogenated alkanes) is 1. The molecule has 0 radical (unpaired) electrons. The van der Waals surface area contributed by atoms with Crippen molar-refractivity contribution in [2.45, 2.75) is 352 Å². The number of carbonyl (C=O) groups excluding carboxylic acids is 7. The van der Waals surface area contributed by atoms with Crippen molar-refractivity contribution in [3.05, 3.63) is 30.3 Å². The second kappa shape index (κ2) is 57.3. The summed E-state index contributed by atoms with van der Waals surface area (Å²) in [6, 6.07) is 7.40. The number of hydrogen-bond donors (Lipinski definition) is 7. The van der Waals surface area contributed by atoms with Crippen molar-refractivity contribution in [2.75, 3.05) is 131 Å². The van der Waals surface area contributed by atoms with E-state index in [4.69, 9.17) is 33.9 Å². The smallest absolute Gasteiger partial charge is 0.352 e. The van der Waals surface area contributed by atoms with E-state index >= 15 is 0 Å². The van der Waals surface area contributed by atoms with Gasteiger partial charge in [0, 0.05) is 95.1 Å². The lowest BCUT2D eigenvalue weighted by Gasteiger charge is -2.30. The molecular weight excluding hydrogens is 2010 g/mol. The first-order valence-corrected chi connectivity index (χ1v) is 60.5. The molecule has 1 aromatic rings. The van der Waals surface area contributed by atoms with Gasteiger partial charge in [0.2, 0.25) is 70.2 Å². The van der Waals surface area contributed by atoms with E-state index in [-0.39, 0.29) is 142 Å². The lowest BCUT2D eigenvalue weighted by Crippen LogP contribution is -2.49. The van der Waals surface area contributed by atoms with Crippen LogP contribution in [0.5, 0.6) is 0 Å². The summed E-state index contributed by atoms with van der Waals surface area (Å²) in [6.07, 6.45) is 27.2. The van der Waals surface area contributed by atoms with Crippen LogP contribution < -0.4 is 38.4 Å². The number of benzene rings is 1. The van der Waals surface area contributed by atoms with Gasteiger partial charge in [-0.3, -0.25) is 34.3 Å². The van der Waals surface area contributed by atoms with Gasteiger partial charge in [-0.05, 0) is 173 Å². The Morgan fingerprint density at radius 3 is 0.615 bits per heavy atom. The van der Waals surface area contributed by atoms with Gasteiger partial charge in [0.15, 0.2) is 0 Å². The van der Waals surface area contributed by atoms with Gasteiger partial charge in [-0.25, -0.2) is 118 Å². The summed E-state index contributed by atoms with van der Waals surface area (Å²) in [6.45, 7) is 9.69. The molecule has 15 rings (SSSR count). The summed E-state index contributed by atoms with van der Waals surface area (Å²) >= 11 is 0. The van der Waals surface area contributed by atoms with E-state index in [0.29, 0.717) is 65.0 Å². The minimum absolute atomic E-state index is 0. The van der Waals surface area contributed by atoms with Crippen molar-refractivity contribution in [3.8, 4) is 0 Å². The number of fused-ring (bicyclic) bond motifs is 7. The van der Waals surface area contributed by atoms with Crippen molar-refractivity contribution in [2.24, 2.45) is 0 Å². The third kappa shape index (κ3) is 34.9. The molecule has 14 atom stereocenters. The maximum absolute atomic E-state index is 12.6. The Morgan fingerprint density at radius 1 is 0.259 bits per heavy atom. The Morgan fingerprint density at radius 2 is 0.434 bits per heavy atom. The maximum Gasteiger partial charge on any atom is 0.430 e. The van der Waals surface area contributed by atoms with E-state index in [1.165, 1.54) is 56.7 Å². The van der Waals surface area contributed by atoms with Crippen LogP contribution in [-0.2, 0) is 104 Å². The van der Waals surface area contributed by atoms with Crippen LogP contribution in [0.25, 0.3) is 0 Å². The van der Waals surface area contributed by atoms with Gasteiger partial charge in [0.05, 0.1) is 82.7 Å². The van der Waals surface area contributed by atoms with Crippen molar-refractivity contribution in [3.63, 3.8) is 0 Å². The Kier molecular flexibility index (Phi) is 50.0. The van der Waals surface area contributed by atoms with Crippen molar-refractivity contribution < 1.29 is 126 Å². The zero-order valence-corrected chi connectivity index (χ0v) is 88.8. The molecule has 14 aliphatic rings. The molecule has 0 spiro atoms. The molecule has 14 saturated heterocycles. The number of sulfonamides is 7. The molecular formula is C87H165N21O28S7. The number of likely N-dealkylation sites (N-methyl/N-ethyl adjacent to an activating group) is 7. The van der Waals surface area contributed by atoms with Crippen LogP contribution in [0.4, 0.5) is 33.6 Å². The third-order valence-electron chi connectivity index (χ3n) is 27.3. The van der Waals surface area contributed by atoms with E-state index < -0.39 is 113 Å². The maximum atomic E-state index is 12.6. The molecule has 0 saturated carbocycles. The molecule has 14 aliphatic heterocycles. The Labute approximate surface area is 849 Å². The van der Waals surface area contributed by atoms with Crippen LogP contribution in [0.1, 0.15) is 262 Å². The molecule has 7 amide bonds. The fourth-order valence-corrected chi connectivity index (χ4v) is 26.5. The van der Waals surface area contributed by atoms with E-state index in [2.05, 4.69) is 38.4 Å². The summed E-state index contributed by atoms with van der Waals surface area (Å²) in [5.74, 6) is 0.589. The molecule has 56 heteroatoms. The monoisotopic (exact) mass is 2180 g/mol. The minimum Gasteiger partial charge on any atom is -0.352 e. The molecule has 0 aromatic heterocycles. The first-order chi connectivity index (χ1) is 66.1. The zero-order valence-electron chi connectivity index (χ0n) is 83.1. The minimum atomic E-state index is -3.56. The highest BCUT2D eigenvalue weighted by Crippen LogP contribution is 2.35. The Balaban J connectivity index is 0.000000255. The molecule has 49 nitrogen and oxygen atoms in total. The lowest BCUT2D eigenvalue weighted by atomic mass is 10.1. The van der Waals surface area contributed by atoms with Gasteiger partial charge in [-0.2, -0.15) is 4.31 Å². The Bertz CT molecular complexity index is 4790. The van der Waals surface area contributed by atoms with E-state index in [0.717, 1.165) is 186 Å². The first kappa shape index (κ1) is 125. The molecule has 14 unspecified atom stereocenters. The van der Waals surface area contributed by atoms with Gasteiger partial charge < -0.3 is 33.9 Å². The van der Waals surface area contributed by atoms with Crippen molar-refractivity contribution in [1.82, 2.24) is 103 Å². The second-order valence-electron chi connectivity index (χ2n) is 37.9. The summed E-state index contributed by atoms with van der Waals surface area (Å²) in [5, 5.41) is 0. The summed E-state index contributed by atoms with van der Waals surface area (Å²) in [5.41, 5.74) is 19.0. The van der Waals surface area contributed by atoms with Gasteiger partial charge >= 0.3 is 42.7 Å². The third-order valence-corrected chi connectivity index (χ3v) is 39.7. The van der Waals surface area contributed by atoms with Gasteiger partial charge in [0.1, 0.15) is 43.2 Å². The molecule has 1 aromatic carbocycles. The van der Waals surface area contributed by atoms with Crippen molar-refractivity contribution in [1.29, 1.82) is 0 Å². The summed E-state index contributed by atoms with van der Waals surface area (Å²) in [7, 11) is -12.0. The molecule has 0 bridgehead atoms. The number of rotatable bonds is 31. The average molecular weight is 2180 g/mol. The second-order valence-corrected chi connectivity index (χ2v) is 52.9. The number of hydrogen-bond acceptors (Lipinski definition) is 35. The van der Waals surface area contributed by atoms with Crippen LogP contribution in [0, 0.1) is 0 Å². The highest BCUT2D eigenvalue weighted by Gasteiger charge is 2.49. The van der Waals surface area contributed by atoms with Crippen LogP contribution >= 0.6 is 0 Å². The summed E-state index contributed by atoms with van der Waals surface area (Å²) < 4.78 is 177. The number of carbonyl (C=O) groups is 7. The van der Waals surface area contributed by atoms with Crippen LogP contribution in [0.15, 0.2) is 35.2 Å². The number of amides is 7. The fraction of sp³-hybridized carbons (Fsp3) is 0.851. The summed E-state index contributed by atoms with van der Waals surface area (Å²) in [4.78, 5) is 128. The van der Waals surface area contributed by atoms with Crippen LogP contribution in [-0.4, -0.2) is 382 Å². The standard InChI is InChI=1S/C15H21N3O4S.C13H25N3O4S.3C12H23N3O4S.2C10H19N3O4S.3CH4/c1-17(23(20,21)13-8-3-2-4-9-13)11-12-7-5-6-10-14-16-22-15(19)18(12)14;1-3-4-9-21(18,19)15(2)10-11-7-5-6-8-12-14-20-13(17)16(11)12;3*1-3-8-20(17,18)14(2)9-10-6-4-5-7-11-13-19-12(16)15(10)11;2*1-12(18(2,15)16)7-8-5-3-4-6-9-11-17-10(14)13(8)9;;;/h2-4,8-9,12,14,16H,5-7,10-11H2,1H3;11-12,14H,3-10H2,1-2H3;3*10-11,13H,3-9H2,1-2H3;2*8-9,11H,3-7H2,1-2H3;3*1H4. The van der Waals surface area contributed by atoms with Gasteiger partial charge in [0.25, 0.3) is 0 Å². The fourth-order valence-electron chi connectivity index (χ4n) is 19.3. The molecule has 828 valence electrons. The highest BCUT2D eigenvalue weighted by molar-refractivity contribution is 7.90. The van der Waals surface area contributed by atoms with Crippen LogP contribution in [0.3, 0.4) is 0 Å². The number of nitrogens with one attached hydrogen (secondary N) is 7. The average Bonchev–Trinajstić information content (AvgIpc) is 1.57. The molecule has 14 fully saturated rings. The number of hydroxylamine groups is 7. The predicted octanol–water partition coefficient (Wildman–Crippen LogP) is 7.57. The predicted molar refractivity (Wildman–Crippen MR) is 535 cm³/mol. The van der Waals surface area contributed by atoms with E-state index in [1.807, 2.05) is 27.7 Å². The highest BCUT2D eigenvalue weighted by atomic mass is 32.2. The molecule has 7 N–H and O–H groups in total. The molecule has 14 heterocycles. The van der Waals surface area contributed by atoms with Crippen molar-refractivity contribution >= 4 is 113 Å². The van der Waals surface area contributed by atoms with E-state index in [9.17, 15) is 92.5 Å². The zero-order chi connectivity index (χ0) is 103. The number of nitrogens with zero attached hydrogens (tertiary/aromatic N) is 14. The first-order valence-electron chi connectivity index (χ1n) is 48.9.